The lowest BCUT2D eigenvalue weighted by atomic mass is 10.0. The topological polar surface area (TPSA) is 50.9 Å². The standard InChI is InChI=1S/C14H16FN3/c1-10-3-2-4-13(17-10)14(18-16)9-11-5-7-12(15)8-6-11/h2-8,14,18H,9,16H2,1H3. The van der Waals surface area contributed by atoms with Gasteiger partial charge >= 0.3 is 0 Å². The van der Waals surface area contributed by atoms with E-state index in [1.807, 2.05) is 25.1 Å². The van der Waals surface area contributed by atoms with Crippen molar-refractivity contribution in [3.05, 3.63) is 65.2 Å². The minimum atomic E-state index is -0.232. The summed E-state index contributed by atoms with van der Waals surface area (Å²) >= 11 is 0. The first-order valence-corrected chi connectivity index (χ1v) is 5.83. The van der Waals surface area contributed by atoms with E-state index in [4.69, 9.17) is 5.84 Å². The average molecular weight is 245 g/mol. The molecule has 0 amide bonds. The van der Waals surface area contributed by atoms with Crippen molar-refractivity contribution in [2.24, 2.45) is 5.84 Å². The highest BCUT2D eigenvalue weighted by Crippen LogP contribution is 2.16. The first-order valence-electron chi connectivity index (χ1n) is 5.83. The number of rotatable bonds is 4. The van der Waals surface area contributed by atoms with Gasteiger partial charge in [0.1, 0.15) is 5.82 Å². The second-order valence-electron chi connectivity index (χ2n) is 4.25. The van der Waals surface area contributed by atoms with Crippen LogP contribution in [0.2, 0.25) is 0 Å². The number of hydrogen-bond acceptors (Lipinski definition) is 3. The molecule has 0 radical (unpaired) electrons. The molecule has 0 spiro atoms. The largest absolute Gasteiger partial charge is 0.271 e. The minimum absolute atomic E-state index is 0.0737. The van der Waals surface area contributed by atoms with Crippen LogP contribution < -0.4 is 11.3 Å². The maximum absolute atomic E-state index is 12.8. The van der Waals surface area contributed by atoms with Gasteiger partial charge in [-0.25, -0.2) is 4.39 Å². The van der Waals surface area contributed by atoms with Crippen LogP contribution in [-0.4, -0.2) is 4.98 Å². The van der Waals surface area contributed by atoms with E-state index < -0.39 is 0 Å². The molecule has 3 N–H and O–H groups in total. The number of nitrogens with zero attached hydrogens (tertiary/aromatic N) is 1. The molecule has 4 heteroatoms. The third-order valence-electron chi connectivity index (χ3n) is 2.82. The van der Waals surface area contributed by atoms with Crippen LogP contribution in [0.25, 0.3) is 0 Å². The van der Waals surface area contributed by atoms with Gasteiger partial charge in [0.15, 0.2) is 0 Å². The number of halogens is 1. The molecule has 94 valence electrons. The molecule has 0 saturated heterocycles. The molecule has 2 rings (SSSR count). The number of nitrogens with one attached hydrogen (secondary N) is 1. The molecule has 1 heterocycles. The van der Waals surface area contributed by atoms with Crippen molar-refractivity contribution in [3.63, 3.8) is 0 Å². The maximum Gasteiger partial charge on any atom is 0.123 e. The van der Waals surface area contributed by atoms with Crippen molar-refractivity contribution in [1.82, 2.24) is 10.4 Å². The molecule has 0 aliphatic heterocycles. The fourth-order valence-electron chi connectivity index (χ4n) is 1.86. The number of nitrogens with two attached hydrogens (primary N) is 1. The molecule has 1 atom stereocenters. The smallest absolute Gasteiger partial charge is 0.123 e. The van der Waals surface area contributed by atoms with E-state index >= 15 is 0 Å². The van der Waals surface area contributed by atoms with Gasteiger partial charge in [0, 0.05) is 5.69 Å². The molecule has 0 fully saturated rings. The lowest BCUT2D eigenvalue weighted by Crippen LogP contribution is -2.30. The number of aryl methyl sites for hydroxylation is 1. The van der Waals surface area contributed by atoms with Crippen molar-refractivity contribution >= 4 is 0 Å². The highest BCUT2D eigenvalue weighted by Gasteiger charge is 2.12. The predicted octanol–water partition coefficient (Wildman–Crippen LogP) is 2.28. The Morgan fingerprint density at radius 1 is 1.22 bits per heavy atom. The zero-order valence-electron chi connectivity index (χ0n) is 10.2. The van der Waals surface area contributed by atoms with Gasteiger partial charge in [0.05, 0.1) is 11.7 Å². The summed E-state index contributed by atoms with van der Waals surface area (Å²) in [6, 6.07) is 12.2. The van der Waals surface area contributed by atoms with Crippen molar-refractivity contribution in [3.8, 4) is 0 Å². The Kier molecular flexibility index (Phi) is 4.02. The van der Waals surface area contributed by atoms with Gasteiger partial charge < -0.3 is 0 Å². The number of hydrazine groups is 1. The Hall–Kier alpha value is -1.78. The monoisotopic (exact) mass is 245 g/mol. The first-order chi connectivity index (χ1) is 8.69. The summed E-state index contributed by atoms with van der Waals surface area (Å²) in [5, 5.41) is 0. The molecule has 0 bridgehead atoms. The quantitative estimate of drug-likeness (QED) is 0.642. The van der Waals surface area contributed by atoms with E-state index in [0.29, 0.717) is 6.42 Å². The van der Waals surface area contributed by atoms with Gasteiger partial charge in [0.2, 0.25) is 0 Å². The second-order valence-corrected chi connectivity index (χ2v) is 4.25. The van der Waals surface area contributed by atoms with Gasteiger partial charge in [-0.3, -0.25) is 16.3 Å². The highest BCUT2D eigenvalue weighted by molar-refractivity contribution is 5.21. The molecule has 1 aromatic carbocycles. The van der Waals surface area contributed by atoms with E-state index in [2.05, 4.69) is 10.4 Å². The van der Waals surface area contributed by atoms with Crippen LogP contribution in [-0.2, 0) is 6.42 Å². The van der Waals surface area contributed by atoms with Crippen LogP contribution in [0.4, 0.5) is 4.39 Å². The molecule has 0 aliphatic carbocycles. The fraction of sp³-hybridized carbons (Fsp3) is 0.214. The van der Waals surface area contributed by atoms with E-state index in [-0.39, 0.29) is 11.9 Å². The van der Waals surface area contributed by atoms with Crippen LogP contribution in [0, 0.1) is 12.7 Å². The Balaban J connectivity index is 2.17. The molecule has 2 aromatic rings. The summed E-state index contributed by atoms with van der Waals surface area (Å²) in [7, 11) is 0. The van der Waals surface area contributed by atoms with E-state index in [0.717, 1.165) is 17.0 Å². The molecule has 0 saturated carbocycles. The Bertz CT molecular complexity index is 511. The minimum Gasteiger partial charge on any atom is -0.271 e. The van der Waals surface area contributed by atoms with E-state index in [1.54, 1.807) is 12.1 Å². The molecular formula is C14H16FN3. The Labute approximate surface area is 106 Å². The highest BCUT2D eigenvalue weighted by atomic mass is 19.1. The fourth-order valence-corrected chi connectivity index (χ4v) is 1.86. The number of pyridine rings is 1. The van der Waals surface area contributed by atoms with Crippen molar-refractivity contribution in [2.45, 2.75) is 19.4 Å². The summed E-state index contributed by atoms with van der Waals surface area (Å²) in [5.74, 6) is 5.34. The Morgan fingerprint density at radius 3 is 2.56 bits per heavy atom. The maximum atomic E-state index is 12.8. The summed E-state index contributed by atoms with van der Waals surface area (Å²) in [6.45, 7) is 1.94. The molecule has 3 nitrogen and oxygen atoms in total. The zero-order chi connectivity index (χ0) is 13.0. The normalized spacial score (nSPS) is 12.4. The van der Waals surface area contributed by atoms with Gasteiger partial charge in [-0.05, 0) is 43.2 Å². The molecule has 1 aromatic heterocycles. The van der Waals surface area contributed by atoms with Crippen LogP contribution >= 0.6 is 0 Å². The van der Waals surface area contributed by atoms with Crippen LogP contribution in [0.1, 0.15) is 23.0 Å². The summed E-state index contributed by atoms with van der Waals surface area (Å²) in [6.07, 6.45) is 0.674. The van der Waals surface area contributed by atoms with Gasteiger partial charge in [-0.2, -0.15) is 0 Å². The van der Waals surface area contributed by atoms with Crippen molar-refractivity contribution in [2.75, 3.05) is 0 Å². The van der Waals surface area contributed by atoms with Gasteiger partial charge in [0.25, 0.3) is 0 Å². The summed E-state index contributed by atoms with van der Waals surface area (Å²) in [5.41, 5.74) is 5.61. The van der Waals surface area contributed by atoms with Gasteiger partial charge in [-0.15, -0.1) is 0 Å². The van der Waals surface area contributed by atoms with E-state index in [1.165, 1.54) is 12.1 Å². The number of benzene rings is 1. The van der Waals surface area contributed by atoms with E-state index in [9.17, 15) is 4.39 Å². The number of aromatic nitrogens is 1. The average Bonchev–Trinajstić information content (AvgIpc) is 2.38. The molecule has 18 heavy (non-hydrogen) atoms. The summed E-state index contributed by atoms with van der Waals surface area (Å²) < 4.78 is 12.8. The zero-order valence-corrected chi connectivity index (χ0v) is 10.2. The molecular weight excluding hydrogens is 229 g/mol. The van der Waals surface area contributed by atoms with Crippen LogP contribution in [0.3, 0.4) is 0 Å². The SMILES string of the molecule is Cc1cccc(C(Cc2ccc(F)cc2)NN)n1. The Morgan fingerprint density at radius 2 is 1.94 bits per heavy atom. The van der Waals surface area contributed by atoms with Crippen molar-refractivity contribution < 1.29 is 4.39 Å². The third kappa shape index (κ3) is 3.12. The second kappa shape index (κ2) is 5.71. The van der Waals surface area contributed by atoms with Gasteiger partial charge in [-0.1, -0.05) is 18.2 Å². The molecule has 1 unspecified atom stereocenters. The van der Waals surface area contributed by atoms with Crippen LogP contribution in [0.15, 0.2) is 42.5 Å². The van der Waals surface area contributed by atoms with Crippen molar-refractivity contribution in [1.29, 1.82) is 0 Å². The number of hydrogen-bond donors (Lipinski definition) is 2. The molecule has 0 aliphatic rings. The van der Waals surface area contributed by atoms with Crippen LogP contribution in [0.5, 0.6) is 0 Å². The first kappa shape index (κ1) is 12.7. The lowest BCUT2D eigenvalue weighted by molar-refractivity contribution is 0.536. The summed E-state index contributed by atoms with van der Waals surface area (Å²) in [4.78, 5) is 4.44. The predicted molar refractivity (Wildman–Crippen MR) is 69.1 cm³/mol. The third-order valence-corrected chi connectivity index (χ3v) is 2.82. The lowest BCUT2D eigenvalue weighted by Gasteiger charge is -2.15.